The van der Waals surface area contributed by atoms with E-state index >= 15 is 0 Å². The van der Waals surface area contributed by atoms with Gasteiger partial charge in [-0.1, -0.05) is 44.5 Å². The van der Waals surface area contributed by atoms with Crippen LogP contribution < -0.4 is 41.8 Å². The molecule has 0 radical (unpaired) electrons. The molecule has 0 aromatic heterocycles. The molecule has 6 aliphatic rings. The molecule has 19 heteroatoms. The Morgan fingerprint density at radius 3 is 2.33 bits per heavy atom. The van der Waals surface area contributed by atoms with Crippen LogP contribution in [0.15, 0.2) is 65.4 Å². The molecule has 4 fully saturated rings. The van der Waals surface area contributed by atoms with Crippen molar-refractivity contribution >= 4 is 83.3 Å². The summed E-state index contributed by atoms with van der Waals surface area (Å²) in [4.78, 5) is 66.0. The molecule has 2 aromatic carbocycles. The molecule has 5 heterocycles. The van der Waals surface area contributed by atoms with Crippen LogP contribution in [0.25, 0.3) is 5.57 Å². The number of alkyl halides is 1. The zero-order valence-electron chi connectivity index (χ0n) is 42.3. The number of fused-ring (bicyclic) bond motifs is 3. The zero-order chi connectivity index (χ0) is 51.3. The van der Waals surface area contributed by atoms with E-state index in [2.05, 4.69) is 79.5 Å². The largest absolute Gasteiger partial charge is 0.545 e. The Kier molecular flexibility index (Phi) is 19.3. The Hall–Kier alpha value is -4.98. The first-order chi connectivity index (χ1) is 35.4. The minimum atomic E-state index is -2.43. The number of carboxylic acid groups (broad SMARTS) is 1. The number of amides is 5. The Balaban J connectivity index is 0.846. The predicted octanol–water partition coefficient (Wildman–Crippen LogP) is 3.65. The van der Waals surface area contributed by atoms with E-state index in [1.165, 1.54) is 17.3 Å². The number of thioether (sulfide) groups is 1. The summed E-state index contributed by atoms with van der Waals surface area (Å²) in [5, 5.41) is 30.4. The third-order valence-corrected chi connectivity index (χ3v) is 20.1. The number of allylic oxidation sites excluding steroid dienone is 5. The molecule has 394 valence electrons. The van der Waals surface area contributed by atoms with Crippen molar-refractivity contribution in [2.45, 2.75) is 88.2 Å². The second-order valence-electron chi connectivity index (χ2n) is 20.2. The maximum Gasteiger partial charge on any atom is 0.315 e. The molecular weight excluding hydrogens is 986 g/mol. The van der Waals surface area contributed by atoms with Gasteiger partial charge in [-0.2, -0.15) is 11.8 Å². The van der Waals surface area contributed by atoms with E-state index < -0.39 is 14.0 Å². The van der Waals surface area contributed by atoms with Crippen molar-refractivity contribution < 1.29 is 47.9 Å². The SMILES string of the molecule is C[Si]1(C)C2=CC(=[N+]3CC(C(=O)NCCOCCNC(=O)CCCC[C@@H]4SC[C@@H]5NC(=O)N[C@@H]54)C3)C=CC2=C(c2cc(C(=O)NCCOCCOCCCCCCCl)ccc2C(=O)[O-])c2ccc(N3CCC3)cc21. The zero-order valence-corrected chi connectivity index (χ0v) is 44.9. The van der Waals surface area contributed by atoms with Gasteiger partial charge in [0.15, 0.2) is 24.7 Å². The molecule has 2 aromatic rings. The number of carbonyl (C=O) groups excluding carboxylic acids is 5. The van der Waals surface area contributed by atoms with Gasteiger partial charge in [-0.25, -0.2) is 9.37 Å². The van der Waals surface area contributed by atoms with E-state index in [1.807, 2.05) is 17.8 Å². The number of aromatic carboxylic acids is 1. The lowest BCUT2D eigenvalue weighted by Crippen LogP contribution is -2.52. The predicted molar refractivity (Wildman–Crippen MR) is 287 cm³/mol. The Labute approximate surface area is 439 Å². The minimum Gasteiger partial charge on any atom is -0.545 e. The molecule has 1 aliphatic carbocycles. The fourth-order valence-electron chi connectivity index (χ4n) is 10.4. The Morgan fingerprint density at radius 2 is 1.58 bits per heavy atom. The van der Waals surface area contributed by atoms with Crippen LogP contribution in [0.4, 0.5) is 10.5 Å². The third-order valence-electron chi connectivity index (χ3n) is 14.8. The van der Waals surface area contributed by atoms with Gasteiger partial charge in [0.2, 0.25) is 11.8 Å². The molecule has 5 N–H and O–H groups in total. The average Bonchev–Trinajstić information content (AvgIpc) is 3.90. The highest BCUT2D eigenvalue weighted by atomic mass is 35.5. The van der Waals surface area contributed by atoms with E-state index in [1.54, 1.807) is 6.07 Å². The highest BCUT2D eigenvalue weighted by Gasteiger charge is 2.45. The van der Waals surface area contributed by atoms with E-state index in [-0.39, 0.29) is 53.9 Å². The summed E-state index contributed by atoms with van der Waals surface area (Å²) in [6.45, 7) is 11.4. The van der Waals surface area contributed by atoms with Gasteiger partial charge in [0, 0.05) is 91.6 Å². The van der Waals surface area contributed by atoms with Gasteiger partial charge in [-0.05, 0) is 95.1 Å². The molecule has 8 rings (SSSR count). The number of benzene rings is 2. The number of hydrogen-bond acceptors (Lipinski definition) is 11. The molecule has 0 bridgehead atoms. The van der Waals surface area contributed by atoms with Gasteiger partial charge in [-0.3, -0.25) is 14.4 Å². The summed E-state index contributed by atoms with van der Waals surface area (Å²) < 4.78 is 19.3. The molecule has 5 amide bonds. The number of hydrogen-bond donors (Lipinski definition) is 5. The van der Waals surface area contributed by atoms with Gasteiger partial charge in [0.25, 0.3) is 5.91 Å². The van der Waals surface area contributed by atoms with Crippen molar-refractivity contribution in [3.05, 3.63) is 87.6 Å². The van der Waals surface area contributed by atoms with Crippen LogP contribution in [0.1, 0.15) is 89.6 Å². The lowest BCUT2D eigenvalue weighted by atomic mass is 9.86. The van der Waals surface area contributed by atoms with Crippen molar-refractivity contribution in [1.29, 1.82) is 0 Å². The monoisotopic (exact) mass is 1060 g/mol. The second-order valence-corrected chi connectivity index (χ2v) is 26.1. The molecule has 16 nitrogen and oxygen atoms in total. The van der Waals surface area contributed by atoms with Crippen molar-refractivity contribution in [3.63, 3.8) is 0 Å². The highest BCUT2D eigenvalue weighted by Crippen LogP contribution is 2.43. The number of unbranched alkanes of at least 4 members (excludes halogenated alkanes) is 4. The maximum absolute atomic E-state index is 13.6. The molecule has 0 saturated carbocycles. The van der Waals surface area contributed by atoms with E-state index in [4.69, 9.17) is 25.8 Å². The van der Waals surface area contributed by atoms with Crippen LogP contribution in [0, 0.1) is 5.92 Å². The fourth-order valence-corrected chi connectivity index (χ4v) is 15.2. The van der Waals surface area contributed by atoms with Gasteiger partial charge in [-0.15, -0.1) is 11.6 Å². The van der Waals surface area contributed by atoms with Gasteiger partial charge < -0.3 is 55.6 Å². The normalized spacial score (nSPS) is 21.3. The average molecular weight is 1060 g/mol. The van der Waals surface area contributed by atoms with Crippen molar-refractivity contribution in [2.24, 2.45) is 5.92 Å². The number of anilines is 1. The number of nitrogens with one attached hydrogen (secondary N) is 5. The maximum atomic E-state index is 13.6. The molecule has 4 saturated heterocycles. The second kappa shape index (κ2) is 26.0. The van der Waals surface area contributed by atoms with Crippen LogP contribution in [0.2, 0.25) is 13.1 Å². The fraction of sp³-hybridized carbons (Fsp3) is 0.556. The first-order valence-electron chi connectivity index (χ1n) is 26.3. The van der Waals surface area contributed by atoms with Crippen LogP contribution in [0.3, 0.4) is 0 Å². The van der Waals surface area contributed by atoms with Crippen molar-refractivity contribution in [3.8, 4) is 0 Å². The van der Waals surface area contributed by atoms with Gasteiger partial charge >= 0.3 is 6.03 Å². The number of carboxylic acids is 1. The molecule has 5 aliphatic heterocycles. The number of halogens is 1. The summed E-state index contributed by atoms with van der Waals surface area (Å²) in [6.07, 6.45) is 14.8. The summed E-state index contributed by atoms with van der Waals surface area (Å²) in [5.74, 6) is -0.257. The van der Waals surface area contributed by atoms with Crippen LogP contribution in [-0.2, 0) is 23.8 Å². The summed E-state index contributed by atoms with van der Waals surface area (Å²) >= 11 is 7.63. The Morgan fingerprint density at radius 1 is 0.836 bits per heavy atom. The van der Waals surface area contributed by atoms with E-state index in [9.17, 15) is 29.1 Å². The van der Waals surface area contributed by atoms with Gasteiger partial charge in [0.1, 0.15) is 8.07 Å². The number of urea groups is 1. The molecule has 3 atom stereocenters. The third kappa shape index (κ3) is 13.7. The van der Waals surface area contributed by atoms with Crippen molar-refractivity contribution in [1.82, 2.24) is 26.6 Å². The first-order valence-corrected chi connectivity index (χ1v) is 30.8. The van der Waals surface area contributed by atoms with Gasteiger partial charge in [0.05, 0.1) is 51.1 Å². The minimum absolute atomic E-state index is 0.00337. The van der Waals surface area contributed by atoms with Crippen molar-refractivity contribution in [2.75, 3.05) is 102 Å². The quantitative estimate of drug-likeness (QED) is 0.0274. The summed E-state index contributed by atoms with van der Waals surface area (Å²) in [7, 11) is -2.43. The first kappa shape index (κ1) is 54.3. The number of nitrogens with zero attached hydrogens (tertiary/aromatic N) is 2. The lowest BCUT2D eigenvalue weighted by Gasteiger charge is -2.40. The van der Waals surface area contributed by atoms with E-state index in [0.717, 1.165) is 104 Å². The van der Waals surface area contributed by atoms with Crippen LogP contribution >= 0.6 is 23.4 Å². The highest BCUT2D eigenvalue weighted by molar-refractivity contribution is 8.00. The summed E-state index contributed by atoms with van der Waals surface area (Å²) in [5.41, 5.74) is 5.55. The molecular formula is C54H72ClN7O9SSi. The molecule has 73 heavy (non-hydrogen) atoms. The Bertz CT molecular complexity index is 2490. The number of rotatable bonds is 28. The topological polar surface area (TPSA) is 202 Å². The van der Waals surface area contributed by atoms with E-state index in [0.29, 0.717) is 94.5 Å². The molecule has 0 spiro atoms. The molecule has 0 unspecified atom stereocenters. The smallest absolute Gasteiger partial charge is 0.315 e. The summed E-state index contributed by atoms with van der Waals surface area (Å²) in [6, 6.07) is 11.5. The number of carbonyl (C=O) groups is 5. The van der Waals surface area contributed by atoms with Crippen LogP contribution in [-0.4, -0.2) is 163 Å². The van der Waals surface area contributed by atoms with Crippen LogP contribution in [0.5, 0.6) is 0 Å². The number of ether oxygens (including phenoxy) is 3. The lowest BCUT2D eigenvalue weighted by molar-refractivity contribution is -0.596. The standard InChI is InChI=1S/C54H72ClN7O9SSi/c1-73(2)46-31-38(61-22-9-23-61)13-16-41(46)49(43-30-36(12-15-40(43)53(66)67)51(64)57-21-27-71-29-28-69-24-8-4-3-7-18-55)42-17-14-39(32-47(42)73)62-33-37(34-62)52(65)58-20-26-70-25-19-56-48(63)11-6-5-10-45-50-44(35-72-45)59-54(68)60-50/h12-17,30-32,37,44-45,50H,3-11,18-29,33-35H2,1-2H3,(H5-,56,57,58,59,60,63,64,65,66,67,68)/t44-,45-,50-/m0/s1.